The van der Waals surface area contributed by atoms with Crippen molar-refractivity contribution in [2.24, 2.45) is 0 Å². The van der Waals surface area contributed by atoms with Gasteiger partial charge in [-0.2, -0.15) is 10.5 Å². The summed E-state index contributed by atoms with van der Waals surface area (Å²) in [5.74, 6) is -0.221. The molecular formula is C42H44ClN7O6S2. The Labute approximate surface area is 351 Å². The molecule has 6 rings (SSSR count). The van der Waals surface area contributed by atoms with Crippen molar-refractivity contribution in [1.82, 2.24) is 19.8 Å². The van der Waals surface area contributed by atoms with Gasteiger partial charge < -0.3 is 24.4 Å². The molecule has 0 spiro atoms. The first-order chi connectivity index (χ1) is 27.8. The Morgan fingerprint density at radius 3 is 2.31 bits per heavy atom. The zero-order valence-corrected chi connectivity index (χ0v) is 35.1. The molecule has 2 saturated heterocycles. The molecule has 16 heteroatoms. The number of likely N-dealkylation sites (tertiary alicyclic amines) is 1. The fourth-order valence-corrected chi connectivity index (χ4v) is 8.85. The second-order valence-corrected chi connectivity index (χ2v) is 17.2. The number of thiazole rings is 1. The number of thioether (sulfide) groups is 1. The molecule has 0 bridgehead atoms. The Morgan fingerprint density at radius 1 is 1.00 bits per heavy atom. The van der Waals surface area contributed by atoms with Gasteiger partial charge in [-0.1, -0.05) is 47.6 Å². The highest BCUT2D eigenvalue weighted by atomic mass is 35.5. The average molecular weight is 842 g/mol. The molecule has 58 heavy (non-hydrogen) atoms. The molecular weight excluding hydrogens is 798 g/mol. The van der Waals surface area contributed by atoms with Crippen molar-refractivity contribution in [3.8, 4) is 39.6 Å². The maximum atomic E-state index is 13.8. The van der Waals surface area contributed by atoms with Crippen molar-refractivity contribution >= 4 is 58.5 Å². The normalized spacial score (nSPS) is 15.7. The number of carboxylic acid groups (broad SMARTS) is 1. The summed E-state index contributed by atoms with van der Waals surface area (Å²) in [6, 6.07) is 17.1. The Kier molecular flexibility index (Phi) is 13.5. The van der Waals surface area contributed by atoms with Crippen LogP contribution in [0.1, 0.15) is 70.2 Å². The third-order valence-corrected chi connectivity index (χ3v) is 12.0. The molecule has 0 radical (unpaired) electrons. The molecule has 2 aromatic carbocycles. The summed E-state index contributed by atoms with van der Waals surface area (Å²) in [7, 11) is 0. The van der Waals surface area contributed by atoms with Crippen LogP contribution >= 0.6 is 34.7 Å². The van der Waals surface area contributed by atoms with E-state index in [1.807, 2.05) is 29.6 Å². The highest BCUT2D eigenvalue weighted by Gasteiger charge is 2.40. The second kappa shape index (κ2) is 18.5. The van der Waals surface area contributed by atoms with Crippen molar-refractivity contribution in [3.05, 3.63) is 75.8 Å². The average Bonchev–Trinajstić information content (AvgIpc) is 4.01. The van der Waals surface area contributed by atoms with E-state index in [1.165, 1.54) is 39.8 Å². The summed E-state index contributed by atoms with van der Waals surface area (Å²) in [6.07, 6.45) is 2.31. The van der Waals surface area contributed by atoms with E-state index in [9.17, 15) is 30.0 Å². The minimum atomic E-state index is -1.18. The minimum Gasteiger partial charge on any atom is -0.492 e. The predicted octanol–water partition coefficient (Wildman–Crippen LogP) is 8.24. The number of hydrogen-bond donors (Lipinski definition) is 1. The fourth-order valence-electron chi connectivity index (χ4n) is 6.91. The van der Waals surface area contributed by atoms with Gasteiger partial charge >= 0.3 is 12.1 Å². The summed E-state index contributed by atoms with van der Waals surface area (Å²) >= 11 is 9.00. The summed E-state index contributed by atoms with van der Waals surface area (Å²) < 4.78 is 11.5. The van der Waals surface area contributed by atoms with E-state index in [-0.39, 0.29) is 18.7 Å². The molecule has 13 nitrogen and oxygen atoms in total. The quantitative estimate of drug-likeness (QED) is 0.128. The Morgan fingerprint density at radius 2 is 1.67 bits per heavy atom. The number of nitriles is 2. The Hall–Kier alpha value is -5.35. The highest BCUT2D eigenvalue weighted by molar-refractivity contribution is 7.98. The van der Waals surface area contributed by atoms with Crippen LogP contribution in [0.15, 0.2) is 58.9 Å². The van der Waals surface area contributed by atoms with Gasteiger partial charge in [0.15, 0.2) is 0 Å². The molecule has 2 atom stereocenters. The Balaban J connectivity index is 1.21. The topological polar surface area (TPSA) is 173 Å². The maximum Gasteiger partial charge on any atom is 0.410 e. The third-order valence-electron chi connectivity index (χ3n) is 9.79. The number of benzene rings is 2. The van der Waals surface area contributed by atoms with E-state index in [1.54, 1.807) is 45.0 Å². The zero-order valence-electron chi connectivity index (χ0n) is 32.7. The molecule has 2 amide bonds. The van der Waals surface area contributed by atoms with Crippen molar-refractivity contribution in [2.75, 3.05) is 37.7 Å². The van der Waals surface area contributed by atoms with Crippen LogP contribution in [0.2, 0.25) is 5.02 Å². The lowest BCUT2D eigenvalue weighted by Gasteiger charge is -2.33. The predicted molar refractivity (Wildman–Crippen MR) is 223 cm³/mol. The molecule has 4 aromatic rings. The number of hydrogen-bond acceptors (Lipinski definition) is 12. The molecule has 302 valence electrons. The fraction of sp³-hybridized carbons (Fsp3) is 0.405. The van der Waals surface area contributed by atoms with Crippen molar-refractivity contribution in [1.29, 1.82) is 10.5 Å². The number of halogens is 1. The minimum absolute atomic E-state index is 0.0275. The van der Waals surface area contributed by atoms with E-state index in [0.29, 0.717) is 63.4 Å². The first kappa shape index (κ1) is 42.3. The van der Waals surface area contributed by atoms with Gasteiger partial charge in [-0.05, 0) is 83.2 Å². The maximum absolute atomic E-state index is 13.8. The molecule has 2 aliphatic rings. The number of anilines is 1. The number of carbonyl (C=O) groups excluding carboxylic acids is 2. The number of carboxylic acids is 1. The van der Waals surface area contributed by atoms with E-state index < -0.39 is 35.7 Å². The molecule has 0 unspecified atom stereocenters. The SMILES string of the molecule is C[C@@H](C(=O)O)N(CCOc1ccc(-c2c(C#N)c(SCc3csc(-c4ccc(Cl)cc4)n3)nc(N3CCCC3)c2C#N)cc1)C(=O)[C@@H]1CCCN1C(=O)OC(C)(C)C. The largest absolute Gasteiger partial charge is 0.492 e. The molecule has 2 aromatic heterocycles. The highest BCUT2D eigenvalue weighted by Crippen LogP contribution is 2.40. The molecule has 2 aliphatic heterocycles. The van der Waals surface area contributed by atoms with Crippen LogP contribution in [0.3, 0.4) is 0 Å². The van der Waals surface area contributed by atoms with Gasteiger partial charge in [-0.3, -0.25) is 9.69 Å². The van der Waals surface area contributed by atoms with Gasteiger partial charge in [-0.25, -0.2) is 19.6 Å². The standard InChI is InChI=1S/C42H44ClN7O6S2/c1-26(40(52)53)49(39(51)34-8-7-19-50(34)41(54)56-42(2,3)4)20-21-55-31-15-11-27(12-16-31)35-32(22-44)36(48-17-5-6-18-48)47-38(33(35)23-45)58-25-30-24-57-37(46-30)28-9-13-29(43)14-10-28/h9-16,24,26,34H,5-8,17-21,25H2,1-4H3,(H,52,53)/t26-,34-/m0/s1. The zero-order chi connectivity index (χ0) is 41.6. The molecule has 2 fully saturated rings. The molecule has 0 saturated carbocycles. The summed E-state index contributed by atoms with van der Waals surface area (Å²) in [4.78, 5) is 53.2. The van der Waals surface area contributed by atoms with E-state index in [2.05, 4.69) is 17.0 Å². The first-order valence-corrected chi connectivity index (χ1v) is 21.2. The van der Waals surface area contributed by atoms with E-state index in [0.717, 1.165) is 42.2 Å². The lowest BCUT2D eigenvalue weighted by molar-refractivity contribution is -0.151. The number of amides is 2. The van der Waals surface area contributed by atoms with Crippen LogP contribution in [-0.2, 0) is 20.1 Å². The van der Waals surface area contributed by atoms with Crippen LogP contribution < -0.4 is 9.64 Å². The van der Waals surface area contributed by atoms with E-state index >= 15 is 0 Å². The first-order valence-electron chi connectivity index (χ1n) is 19.0. The van der Waals surface area contributed by atoms with Crippen LogP contribution in [0.25, 0.3) is 21.7 Å². The lowest BCUT2D eigenvalue weighted by atomic mass is 9.96. The molecule has 1 N–H and O–H groups in total. The number of carbonyl (C=O) groups is 3. The third kappa shape index (κ3) is 9.84. The number of pyridine rings is 1. The van der Waals surface area contributed by atoms with E-state index in [4.69, 9.17) is 31.0 Å². The number of nitrogens with zero attached hydrogens (tertiary/aromatic N) is 7. The van der Waals surface area contributed by atoms with Gasteiger partial charge in [0.05, 0.1) is 17.8 Å². The smallest absolute Gasteiger partial charge is 0.410 e. The van der Waals surface area contributed by atoms with Gasteiger partial charge in [0.2, 0.25) is 5.91 Å². The molecule has 4 heterocycles. The van der Waals surface area contributed by atoms with Gasteiger partial charge in [0.1, 0.15) is 63.6 Å². The van der Waals surface area contributed by atoms with Crippen molar-refractivity contribution in [2.45, 2.75) is 81.8 Å². The molecule has 0 aliphatic carbocycles. The van der Waals surface area contributed by atoms with Gasteiger partial charge in [0.25, 0.3) is 0 Å². The van der Waals surface area contributed by atoms with Crippen LogP contribution in [0, 0.1) is 22.7 Å². The monoisotopic (exact) mass is 841 g/mol. The summed E-state index contributed by atoms with van der Waals surface area (Å²) in [5, 5.41) is 34.9. The van der Waals surface area contributed by atoms with Gasteiger partial charge in [-0.15, -0.1) is 11.3 Å². The number of ether oxygens (including phenoxy) is 2. The summed E-state index contributed by atoms with van der Waals surface area (Å²) in [6.45, 7) is 8.42. The summed E-state index contributed by atoms with van der Waals surface area (Å²) in [5.41, 5.74) is 2.76. The van der Waals surface area contributed by atoms with Crippen molar-refractivity contribution in [3.63, 3.8) is 0 Å². The number of aromatic nitrogens is 2. The number of rotatable bonds is 13. The van der Waals surface area contributed by atoms with Crippen LogP contribution in [0.5, 0.6) is 5.75 Å². The second-order valence-electron chi connectivity index (χ2n) is 15.0. The van der Waals surface area contributed by atoms with Crippen LogP contribution in [-0.4, -0.2) is 93.3 Å². The van der Waals surface area contributed by atoms with Crippen LogP contribution in [0.4, 0.5) is 10.6 Å². The lowest BCUT2D eigenvalue weighted by Crippen LogP contribution is -2.54. The van der Waals surface area contributed by atoms with Gasteiger partial charge in [0, 0.05) is 46.9 Å². The number of aliphatic carboxylic acids is 1. The van der Waals surface area contributed by atoms with Crippen molar-refractivity contribution < 1.29 is 29.0 Å². The Bertz CT molecular complexity index is 2220.